The van der Waals surface area contributed by atoms with Crippen molar-refractivity contribution in [3.05, 3.63) is 0 Å². The normalized spacial score (nSPS) is 18.1. The van der Waals surface area contributed by atoms with Gasteiger partial charge in [0.05, 0.1) is 6.10 Å². The van der Waals surface area contributed by atoms with E-state index in [9.17, 15) is 4.89 Å². The Hall–Kier alpha value is 1.79. The number of halogens is 3. The SMILES string of the molecule is CCCCCC(CC(Cl)(Cl)Cl)OP(O)(=S)S. The topological polar surface area (TPSA) is 29.5 Å². The molecule has 0 fully saturated rings. The Morgan fingerprint density at radius 1 is 1.44 bits per heavy atom. The molecule has 0 heterocycles. The summed E-state index contributed by atoms with van der Waals surface area (Å²) in [4.78, 5) is 9.38. The van der Waals surface area contributed by atoms with Crippen LogP contribution in [0.4, 0.5) is 0 Å². The lowest BCUT2D eigenvalue weighted by Crippen LogP contribution is -2.18. The van der Waals surface area contributed by atoms with Gasteiger partial charge in [-0.2, -0.15) is 0 Å². The lowest BCUT2D eigenvalue weighted by molar-refractivity contribution is 0.185. The molecular formula is C8H16Cl3O2PS2. The third kappa shape index (κ3) is 12.3. The highest BCUT2D eigenvalue weighted by Gasteiger charge is 2.28. The summed E-state index contributed by atoms with van der Waals surface area (Å²) in [6, 6.07) is 0. The van der Waals surface area contributed by atoms with E-state index < -0.39 is 9.49 Å². The third-order valence-electron chi connectivity index (χ3n) is 1.88. The largest absolute Gasteiger partial charge is 0.338 e. The van der Waals surface area contributed by atoms with Crippen LogP contribution < -0.4 is 0 Å². The smallest absolute Gasteiger partial charge is 0.241 e. The van der Waals surface area contributed by atoms with Crippen LogP contribution in [0.3, 0.4) is 0 Å². The maximum atomic E-state index is 9.38. The number of alkyl halides is 3. The van der Waals surface area contributed by atoms with Gasteiger partial charge in [-0.25, -0.2) is 0 Å². The van der Waals surface area contributed by atoms with Gasteiger partial charge in [-0.15, -0.1) is 0 Å². The van der Waals surface area contributed by atoms with Crippen LogP contribution in [0.25, 0.3) is 0 Å². The molecular weight excluding hydrogens is 330 g/mol. The average molecular weight is 346 g/mol. The number of rotatable bonds is 7. The van der Waals surface area contributed by atoms with Gasteiger partial charge < -0.3 is 9.42 Å². The molecule has 8 heteroatoms. The van der Waals surface area contributed by atoms with E-state index >= 15 is 0 Å². The van der Waals surface area contributed by atoms with Crippen LogP contribution in [0.15, 0.2) is 0 Å². The average Bonchev–Trinajstić information content (AvgIpc) is 1.97. The fourth-order valence-electron chi connectivity index (χ4n) is 1.27. The van der Waals surface area contributed by atoms with Gasteiger partial charge in [-0.3, -0.25) is 0 Å². The second kappa shape index (κ2) is 8.06. The van der Waals surface area contributed by atoms with Crippen molar-refractivity contribution in [2.45, 2.75) is 48.9 Å². The molecule has 98 valence electrons. The molecule has 0 aromatic heterocycles. The van der Waals surface area contributed by atoms with Gasteiger partial charge in [-0.05, 0) is 18.2 Å². The summed E-state index contributed by atoms with van der Waals surface area (Å²) in [6.45, 7) is 2.10. The fourth-order valence-corrected chi connectivity index (χ4v) is 3.12. The number of hydrogen-bond donors (Lipinski definition) is 2. The van der Waals surface area contributed by atoms with Gasteiger partial charge in [0.25, 0.3) is 0 Å². The highest BCUT2D eigenvalue weighted by molar-refractivity contribution is 8.59. The molecule has 0 aliphatic heterocycles. The van der Waals surface area contributed by atoms with Gasteiger partial charge >= 0.3 is 0 Å². The Morgan fingerprint density at radius 2 is 2.00 bits per heavy atom. The molecule has 0 aromatic rings. The molecule has 2 unspecified atom stereocenters. The summed E-state index contributed by atoms with van der Waals surface area (Å²) in [7, 11) is 0. The predicted molar refractivity (Wildman–Crippen MR) is 79.4 cm³/mol. The van der Waals surface area contributed by atoms with Crippen molar-refractivity contribution in [3.63, 3.8) is 0 Å². The Kier molecular flexibility index (Phi) is 8.96. The summed E-state index contributed by atoms with van der Waals surface area (Å²) in [5.74, 6) is 0. The second-order valence-electron chi connectivity index (χ2n) is 3.53. The van der Waals surface area contributed by atoms with Crippen molar-refractivity contribution in [2.24, 2.45) is 0 Å². The Labute approximate surface area is 122 Å². The lowest BCUT2D eigenvalue weighted by atomic mass is 10.1. The van der Waals surface area contributed by atoms with Crippen molar-refractivity contribution in [1.82, 2.24) is 0 Å². The maximum Gasteiger partial charge on any atom is 0.241 e. The molecule has 2 atom stereocenters. The molecule has 0 aromatic carbocycles. The van der Waals surface area contributed by atoms with Gasteiger partial charge in [-0.1, -0.05) is 73.2 Å². The highest BCUT2D eigenvalue weighted by Crippen LogP contribution is 2.50. The maximum absolute atomic E-state index is 9.38. The molecule has 0 aliphatic rings. The van der Waals surface area contributed by atoms with Crippen LogP contribution in [-0.2, 0) is 16.3 Å². The molecule has 0 aliphatic carbocycles. The quantitative estimate of drug-likeness (QED) is 0.299. The summed E-state index contributed by atoms with van der Waals surface area (Å²) in [6.07, 6.45) is 3.68. The molecule has 0 amide bonds. The first kappa shape index (κ1) is 17.8. The van der Waals surface area contributed by atoms with Gasteiger partial charge in [0.15, 0.2) is 3.79 Å². The first-order valence-corrected chi connectivity index (χ1v) is 9.90. The molecule has 0 saturated heterocycles. The lowest BCUT2D eigenvalue weighted by Gasteiger charge is -2.23. The fraction of sp³-hybridized carbons (Fsp3) is 1.00. The van der Waals surface area contributed by atoms with Crippen LogP contribution in [-0.4, -0.2) is 14.8 Å². The minimum absolute atomic E-state index is 0.209. The van der Waals surface area contributed by atoms with Crippen molar-refractivity contribution in [2.75, 3.05) is 0 Å². The van der Waals surface area contributed by atoms with E-state index in [1.807, 2.05) is 0 Å². The van der Waals surface area contributed by atoms with E-state index in [-0.39, 0.29) is 12.5 Å². The number of thiol groups is 1. The molecule has 0 spiro atoms. The van der Waals surface area contributed by atoms with Crippen LogP contribution in [0, 0.1) is 0 Å². The minimum atomic E-state index is -3.00. The van der Waals surface area contributed by atoms with Crippen LogP contribution >= 0.6 is 52.7 Å². The summed E-state index contributed by atoms with van der Waals surface area (Å²) in [5.41, 5.74) is -3.00. The molecule has 0 bridgehead atoms. The van der Waals surface area contributed by atoms with Crippen LogP contribution in [0.1, 0.15) is 39.0 Å². The summed E-state index contributed by atoms with van der Waals surface area (Å²) in [5, 5.41) is 0. The van der Waals surface area contributed by atoms with Crippen molar-refractivity contribution < 1.29 is 9.42 Å². The number of unbranched alkanes of at least 4 members (excludes halogenated alkanes) is 2. The number of hydrogen-bond acceptors (Lipinski definition) is 2. The highest BCUT2D eigenvalue weighted by atomic mass is 35.6. The molecule has 0 rings (SSSR count). The Bertz CT molecular complexity index is 242. The van der Waals surface area contributed by atoms with E-state index in [1.165, 1.54) is 0 Å². The predicted octanol–water partition coefficient (Wildman–Crippen LogP) is 4.86. The van der Waals surface area contributed by atoms with E-state index in [1.54, 1.807) is 0 Å². The zero-order valence-corrected chi connectivity index (χ0v) is 13.8. The van der Waals surface area contributed by atoms with Crippen LogP contribution in [0.5, 0.6) is 0 Å². The van der Waals surface area contributed by atoms with E-state index in [4.69, 9.17) is 51.1 Å². The zero-order chi connectivity index (χ0) is 12.8. The Morgan fingerprint density at radius 3 is 2.38 bits per heavy atom. The van der Waals surface area contributed by atoms with Gasteiger partial charge in [0.2, 0.25) is 5.69 Å². The minimum Gasteiger partial charge on any atom is -0.338 e. The van der Waals surface area contributed by atoms with E-state index in [2.05, 4.69) is 19.2 Å². The molecule has 1 N–H and O–H groups in total. The monoisotopic (exact) mass is 344 g/mol. The van der Waals surface area contributed by atoms with Gasteiger partial charge in [0.1, 0.15) is 0 Å². The Balaban J connectivity index is 4.22. The third-order valence-corrected chi connectivity index (χ3v) is 3.45. The van der Waals surface area contributed by atoms with E-state index in [0.29, 0.717) is 6.42 Å². The molecule has 0 saturated carbocycles. The zero-order valence-electron chi connectivity index (χ0n) is 8.90. The summed E-state index contributed by atoms with van der Waals surface area (Å²) >= 11 is 25.6. The first-order chi connectivity index (χ1) is 7.14. The van der Waals surface area contributed by atoms with E-state index in [0.717, 1.165) is 19.3 Å². The standard InChI is InChI=1S/C8H16Cl3O2PS2/c1-2-3-4-5-7(6-8(9,10)11)13-14(12,15)16/h7H,2-6H2,1H3,(H2,12,15,16). The van der Waals surface area contributed by atoms with Crippen molar-refractivity contribution in [3.8, 4) is 0 Å². The van der Waals surface area contributed by atoms with Crippen LogP contribution in [0.2, 0.25) is 0 Å². The molecule has 2 nitrogen and oxygen atoms in total. The van der Waals surface area contributed by atoms with Crippen molar-refractivity contribution >= 4 is 64.6 Å². The van der Waals surface area contributed by atoms with Crippen molar-refractivity contribution in [1.29, 1.82) is 0 Å². The second-order valence-corrected chi connectivity index (χ2v) is 11.2. The molecule has 16 heavy (non-hydrogen) atoms. The molecule has 0 radical (unpaired) electrons. The van der Waals surface area contributed by atoms with Gasteiger partial charge in [0, 0.05) is 6.42 Å². The first-order valence-electron chi connectivity index (χ1n) is 4.94. The summed E-state index contributed by atoms with van der Waals surface area (Å²) < 4.78 is 3.86.